The highest BCUT2D eigenvalue weighted by Gasteiger charge is 2.33. The normalized spacial score (nSPS) is 30.0. The molecule has 17 heavy (non-hydrogen) atoms. The van der Waals surface area contributed by atoms with Gasteiger partial charge in [0.05, 0.1) is 13.2 Å². The first-order chi connectivity index (χ1) is 8.18. The lowest BCUT2D eigenvalue weighted by atomic mass is 10.1. The Labute approximate surface area is 99.5 Å². The zero-order valence-corrected chi connectivity index (χ0v) is 9.63. The number of aliphatic carboxylic acids is 1. The van der Waals surface area contributed by atoms with Gasteiger partial charge in [0, 0.05) is 13.2 Å². The van der Waals surface area contributed by atoms with Crippen molar-refractivity contribution in [3.63, 3.8) is 0 Å². The van der Waals surface area contributed by atoms with Crippen molar-refractivity contribution in [2.24, 2.45) is 0 Å². The number of ether oxygens (including phenoxy) is 2. The Bertz CT molecular complexity index is 300. The molecule has 2 aliphatic rings. The summed E-state index contributed by atoms with van der Waals surface area (Å²) in [6.45, 7) is 1.45. The van der Waals surface area contributed by atoms with Crippen molar-refractivity contribution in [3.05, 3.63) is 0 Å². The molecule has 0 unspecified atom stereocenters. The molecule has 2 fully saturated rings. The molecule has 2 atom stereocenters. The molecule has 0 aromatic carbocycles. The number of hydrogen-bond acceptors (Lipinski definition) is 4. The van der Waals surface area contributed by atoms with E-state index in [4.69, 9.17) is 14.6 Å². The van der Waals surface area contributed by atoms with Gasteiger partial charge in [0.15, 0.2) is 6.10 Å². The van der Waals surface area contributed by atoms with Gasteiger partial charge in [-0.3, -0.25) is 4.79 Å². The Morgan fingerprint density at radius 3 is 2.53 bits per heavy atom. The van der Waals surface area contributed by atoms with Gasteiger partial charge in [0.25, 0.3) is 5.91 Å². The minimum atomic E-state index is -1.02. The molecule has 96 valence electrons. The molecule has 2 heterocycles. The van der Waals surface area contributed by atoms with Gasteiger partial charge in [-0.25, -0.2) is 4.79 Å². The van der Waals surface area contributed by atoms with Crippen LogP contribution >= 0.6 is 0 Å². The minimum Gasteiger partial charge on any atom is -0.479 e. The first kappa shape index (κ1) is 12.3. The van der Waals surface area contributed by atoms with Crippen LogP contribution in [0, 0.1) is 0 Å². The average molecular weight is 243 g/mol. The van der Waals surface area contributed by atoms with Crippen molar-refractivity contribution >= 4 is 11.9 Å². The van der Waals surface area contributed by atoms with Crippen LogP contribution < -0.4 is 0 Å². The summed E-state index contributed by atoms with van der Waals surface area (Å²) in [6, 6.07) is 0. The highest BCUT2D eigenvalue weighted by Crippen LogP contribution is 2.16. The SMILES string of the molecule is O=C(O)[C@@H]1CN(C(=O)[C@H]2CCCCO2)CCO1. The average Bonchev–Trinajstić information content (AvgIpc) is 2.39. The molecule has 0 saturated carbocycles. The molecule has 2 aliphatic heterocycles. The lowest BCUT2D eigenvalue weighted by Crippen LogP contribution is -2.52. The summed E-state index contributed by atoms with van der Waals surface area (Å²) in [5.74, 6) is -1.12. The molecule has 0 aromatic rings. The standard InChI is InChI=1S/C11H17NO5/c13-10(8-3-1-2-5-16-8)12-4-6-17-9(7-12)11(14)15/h8-9H,1-7H2,(H,14,15)/t8-,9+/m1/s1. The summed E-state index contributed by atoms with van der Waals surface area (Å²) in [4.78, 5) is 24.4. The predicted octanol–water partition coefficient (Wildman–Crippen LogP) is -0.133. The van der Waals surface area contributed by atoms with Gasteiger partial charge in [0.1, 0.15) is 6.10 Å². The second-order valence-corrected chi connectivity index (χ2v) is 4.34. The zero-order chi connectivity index (χ0) is 12.3. The Morgan fingerprint density at radius 2 is 1.88 bits per heavy atom. The maximum atomic E-state index is 12.1. The van der Waals surface area contributed by atoms with Gasteiger partial charge in [-0.05, 0) is 19.3 Å². The lowest BCUT2D eigenvalue weighted by Gasteiger charge is -2.34. The highest BCUT2D eigenvalue weighted by molar-refractivity contribution is 5.82. The number of hydrogen-bond donors (Lipinski definition) is 1. The third-order valence-electron chi connectivity index (χ3n) is 3.11. The summed E-state index contributed by atoms with van der Waals surface area (Å²) in [7, 11) is 0. The van der Waals surface area contributed by atoms with Crippen molar-refractivity contribution in [1.82, 2.24) is 4.90 Å². The van der Waals surface area contributed by atoms with E-state index in [2.05, 4.69) is 0 Å². The van der Waals surface area contributed by atoms with Gasteiger partial charge >= 0.3 is 5.97 Å². The molecule has 2 rings (SSSR count). The fraction of sp³-hybridized carbons (Fsp3) is 0.818. The van der Waals surface area contributed by atoms with Crippen LogP contribution in [-0.4, -0.2) is 60.4 Å². The quantitative estimate of drug-likeness (QED) is 0.731. The number of carbonyl (C=O) groups excluding carboxylic acids is 1. The maximum Gasteiger partial charge on any atom is 0.334 e. The fourth-order valence-electron chi connectivity index (χ4n) is 2.14. The van der Waals surface area contributed by atoms with Crippen molar-refractivity contribution in [1.29, 1.82) is 0 Å². The highest BCUT2D eigenvalue weighted by atomic mass is 16.5. The minimum absolute atomic E-state index is 0.0979. The number of carboxylic acid groups (broad SMARTS) is 1. The molecule has 1 N–H and O–H groups in total. The van der Waals surface area contributed by atoms with Crippen LogP contribution in [0.3, 0.4) is 0 Å². The van der Waals surface area contributed by atoms with Crippen LogP contribution in [-0.2, 0) is 19.1 Å². The van der Waals surface area contributed by atoms with Crippen molar-refractivity contribution in [2.45, 2.75) is 31.5 Å². The van der Waals surface area contributed by atoms with E-state index in [1.165, 1.54) is 4.90 Å². The van der Waals surface area contributed by atoms with Crippen molar-refractivity contribution in [2.75, 3.05) is 26.3 Å². The second kappa shape index (κ2) is 5.46. The summed E-state index contributed by atoms with van der Waals surface area (Å²) in [5, 5.41) is 8.85. The predicted molar refractivity (Wildman–Crippen MR) is 57.5 cm³/mol. The summed E-state index contributed by atoms with van der Waals surface area (Å²) < 4.78 is 10.5. The van der Waals surface area contributed by atoms with E-state index < -0.39 is 18.2 Å². The van der Waals surface area contributed by atoms with E-state index in [-0.39, 0.29) is 19.1 Å². The maximum absolute atomic E-state index is 12.1. The van der Waals surface area contributed by atoms with Crippen molar-refractivity contribution in [3.8, 4) is 0 Å². The van der Waals surface area contributed by atoms with Gasteiger partial charge < -0.3 is 19.5 Å². The smallest absolute Gasteiger partial charge is 0.334 e. The second-order valence-electron chi connectivity index (χ2n) is 4.34. The molecule has 0 aliphatic carbocycles. The fourth-order valence-corrected chi connectivity index (χ4v) is 2.14. The summed E-state index contributed by atoms with van der Waals surface area (Å²) in [6.07, 6.45) is 1.41. The molecule has 2 saturated heterocycles. The number of carboxylic acids is 1. The van der Waals surface area contributed by atoms with E-state index in [9.17, 15) is 9.59 Å². The van der Waals surface area contributed by atoms with E-state index in [0.29, 0.717) is 13.2 Å². The van der Waals surface area contributed by atoms with E-state index in [1.54, 1.807) is 0 Å². The molecular formula is C11H17NO5. The van der Waals surface area contributed by atoms with E-state index in [1.807, 2.05) is 0 Å². The Morgan fingerprint density at radius 1 is 1.12 bits per heavy atom. The number of morpholine rings is 1. The molecule has 0 bridgehead atoms. The molecule has 0 spiro atoms. The molecule has 0 radical (unpaired) electrons. The monoisotopic (exact) mass is 243 g/mol. The number of nitrogens with zero attached hydrogens (tertiary/aromatic N) is 1. The molecule has 1 amide bonds. The third-order valence-corrected chi connectivity index (χ3v) is 3.11. The molecule has 0 aromatic heterocycles. The number of carbonyl (C=O) groups is 2. The van der Waals surface area contributed by atoms with Crippen LogP contribution in [0.5, 0.6) is 0 Å². The summed E-state index contributed by atoms with van der Waals surface area (Å²) >= 11 is 0. The van der Waals surface area contributed by atoms with Crippen molar-refractivity contribution < 1.29 is 24.2 Å². The van der Waals surface area contributed by atoms with Gasteiger partial charge in [-0.15, -0.1) is 0 Å². The Balaban J connectivity index is 1.91. The van der Waals surface area contributed by atoms with Gasteiger partial charge in [-0.2, -0.15) is 0 Å². The van der Waals surface area contributed by atoms with Crippen LogP contribution in [0.25, 0.3) is 0 Å². The van der Waals surface area contributed by atoms with Crippen LogP contribution in [0.1, 0.15) is 19.3 Å². The Hall–Kier alpha value is -1.14. The number of rotatable bonds is 2. The zero-order valence-electron chi connectivity index (χ0n) is 9.63. The Kier molecular flexibility index (Phi) is 3.96. The number of amides is 1. The first-order valence-corrected chi connectivity index (χ1v) is 5.93. The van der Waals surface area contributed by atoms with Crippen LogP contribution in [0.15, 0.2) is 0 Å². The summed E-state index contributed by atoms with van der Waals surface area (Å²) in [5.41, 5.74) is 0. The first-order valence-electron chi connectivity index (χ1n) is 5.93. The van der Waals surface area contributed by atoms with Crippen LogP contribution in [0.4, 0.5) is 0 Å². The van der Waals surface area contributed by atoms with Crippen LogP contribution in [0.2, 0.25) is 0 Å². The van der Waals surface area contributed by atoms with Gasteiger partial charge in [-0.1, -0.05) is 0 Å². The lowest BCUT2D eigenvalue weighted by molar-refractivity contribution is -0.164. The molecule has 6 nitrogen and oxygen atoms in total. The third kappa shape index (κ3) is 2.95. The largest absolute Gasteiger partial charge is 0.479 e. The topological polar surface area (TPSA) is 76.1 Å². The van der Waals surface area contributed by atoms with Gasteiger partial charge in [0.2, 0.25) is 0 Å². The van der Waals surface area contributed by atoms with E-state index >= 15 is 0 Å². The van der Waals surface area contributed by atoms with E-state index in [0.717, 1.165) is 19.3 Å². The molecular weight excluding hydrogens is 226 g/mol. The molecule has 6 heteroatoms.